The summed E-state index contributed by atoms with van der Waals surface area (Å²) in [6.07, 6.45) is 4.30. The second-order valence-electron chi connectivity index (χ2n) is 8.19. The van der Waals surface area contributed by atoms with E-state index in [-0.39, 0.29) is 11.6 Å². The Morgan fingerprint density at radius 3 is 2.64 bits per heavy atom. The van der Waals surface area contributed by atoms with Gasteiger partial charge < -0.3 is 8.98 Å². The Hall–Kier alpha value is -4.86. The molecule has 3 heterocycles. The molecule has 0 N–H and O–H groups in total. The molecule has 0 radical (unpaired) electrons. The van der Waals surface area contributed by atoms with E-state index in [0.29, 0.717) is 35.3 Å². The van der Waals surface area contributed by atoms with Gasteiger partial charge in [-0.05, 0) is 42.5 Å². The highest BCUT2D eigenvalue weighted by atomic mass is 19.1. The third-order valence-electron chi connectivity index (χ3n) is 5.99. The van der Waals surface area contributed by atoms with E-state index in [1.165, 1.54) is 35.2 Å². The van der Waals surface area contributed by atoms with Gasteiger partial charge in [-0.25, -0.2) is 9.37 Å². The molecule has 0 bridgehead atoms. The molecule has 0 spiro atoms. The maximum Gasteiger partial charge on any atom is 0.269 e. The second-order valence-corrected chi connectivity index (χ2v) is 8.19. The number of fused-ring (bicyclic) bond motifs is 1. The third kappa shape index (κ3) is 4.31. The molecule has 9 nitrogen and oxygen atoms in total. The second kappa shape index (κ2) is 9.41. The fourth-order valence-electron chi connectivity index (χ4n) is 4.19. The average molecular weight is 485 g/mol. The van der Waals surface area contributed by atoms with Crippen molar-refractivity contribution in [2.45, 2.75) is 12.5 Å². The number of pyridine rings is 1. The summed E-state index contributed by atoms with van der Waals surface area (Å²) in [5.41, 5.74) is 2.61. The minimum Gasteiger partial charge on any atom is -0.440 e. The number of non-ortho nitro benzene ring substituents is 1. The number of imidazole rings is 1. The van der Waals surface area contributed by atoms with Gasteiger partial charge in [0.15, 0.2) is 0 Å². The fraction of sp³-hybridized carbons (Fsp3) is 0.115. The first-order valence-electron chi connectivity index (χ1n) is 11.0. The van der Waals surface area contributed by atoms with Crippen molar-refractivity contribution in [3.05, 3.63) is 107 Å². The lowest BCUT2D eigenvalue weighted by Gasteiger charge is -2.26. The van der Waals surface area contributed by atoms with Crippen LogP contribution in [0.5, 0.6) is 0 Å². The van der Waals surface area contributed by atoms with Gasteiger partial charge in [0, 0.05) is 54.5 Å². The largest absolute Gasteiger partial charge is 0.440 e. The summed E-state index contributed by atoms with van der Waals surface area (Å²) in [5, 5.41) is 11.6. The number of benzene rings is 2. The first-order valence-corrected chi connectivity index (χ1v) is 11.0. The number of carbonyl (C=O) groups excluding carboxylic acids is 1. The van der Waals surface area contributed by atoms with Gasteiger partial charge >= 0.3 is 0 Å². The number of nitrogens with zero attached hydrogens (tertiary/aromatic N) is 5. The average Bonchev–Trinajstić information content (AvgIpc) is 3.47. The zero-order valence-corrected chi connectivity index (χ0v) is 19.1. The maximum atomic E-state index is 13.7. The van der Waals surface area contributed by atoms with Crippen molar-refractivity contribution in [3.63, 3.8) is 0 Å². The number of hydrogen-bond acceptors (Lipinski definition) is 6. The summed E-state index contributed by atoms with van der Waals surface area (Å²) in [5.74, 6) is 0.383. The summed E-state index contributed by atoms with van der Waals surface area (Å²) in [7, 11) is 1.81. The normalized spacial score (nSPS) is 11.9. The molecular formula is C26H20FN5O4. The Balaban J connectivity index is 1.58. The molecule has 180 valence electrons. The van der Waals surface area contributed by atoms with Crippen molar-refractivity contribution < 1.29 is 18.5 Å². The number of anilines is 1. The Labute approximate surface area is 204 Å². The number of halogens is 1. The number of nitro benzene ring substituents is 1. The number of amides is 1. The zero-order chi connectivity index (χ0) is 25.2. The summed E-state index contributed by atoms with van der Waals surface area (Å²) in [6.45, 7) is 0. The minimum atomic E-state index is -0.611. The van der Waals surface area contributed by atoms with Crippen LogP contribution in [-0.4, -0.2) is 25.9 Å². The Bertz CT molecular complexity index is 1550. The lowest BCUT2D eigenvalue weighted by Crippen LogP contribution is -2.31. The highest BCUT2D eigenvalue weighted by Crippen LogP contribution is 2.34. The molecule has 5 aromatic rings. The minimum absolute atomic E-state index is 0.0115. The van der Waals surface area contributed by atoms with Crippen LogP contribution >= 0.6 is 0 Å². The lowest BCUT2D eigenvalue weighted by molar-refractivity contribution is -0.384. The van der Waals surface area contributed by atoms with Crippen molar-refractivity contribution in [1.82, 2.24) is 14.5 Å². The SMILES string of the molecule is Cn1c(-c2ccc([N+](=O)[O-])cc2)cnc1[C@H](Cc1ccccn1)N(C=O)c1cc2cc(F)ccc2o1. The molecule has 0 unspecified atom stereocenters. The van der Waals surface area contributed by atoms with Gasteiger partial charge in [0.25, 0.3) is 5.69 Å². The molecule has 0 saturated carbocycles. The summed E-state index contributed by atoms with van der Waals surface area (Å²) in [6, 6.07) is 16.8. The molecule has 10 heteroatoms. The number of aromatic nitrogens is 3. The highest BCUT2D eigenvalue weighted by molar-refractivity contribution is 5.85. The van der Waals surface area contributed by atoms with Gasteiger partial charge in [-0.1, -0.05) is 6.07 Å². The molecule has 0 aliphatic heterocycles. The standard InChI is InChI=1S/C26H20FN5O4/c1-30-23(17-5-8-21(9-6-17)32(34)35)15-29-26(30)22(14-20-4-2-3-11-28-20)31(16-33)25-13-18-12-19(27)7-10-24(18)36-25/h2-13,15-16,22H,14H2,1H3/t22-/m0/s1. The van der Waals surface area contributed by atoms with E-state index in [2.05, 4.69) is 9.97 Å². The molecule has 36 heavy (non-hydrogen) atoms. The molecule has 2 aromatic carbocycles. The quantitative estimate of drug-likeness (QED) is 0.169. The van der Waals surface area contributed by atoms with Crippen molar-refractivity contribution >= 4 is 29.0 Å². The van der Waals surface area contributed by atoms with Crippen LogP contribution in [0.4, 0.5) is 16.0 Å². The van der Waals surface area contributed by atoms with E-state index in [4.69, 9.17) is 4.42 Å². The number of nitro groups is 1. The molecular weight excluding hydrogens is 465 g/mol. The predicted octanol–water partition coefficient (Wildman–Crippen LogP) is 5.22. The van der Waals surface area contributed by atoms with Crippen LogP contribution < -0.4 is 4.90 Å². The van der Waals surface area contributed by atoms with Crippen LogP contribution in [0.2, 0.25) is 0 Å². The maximum absolute atomic E-state index is 13.7. The Kier molecular flexibility index (Phi) is 5.99. The lowest BCUT2D eigenvalue weighted by atomic mass is 10.1. The summed E-state index contributed by atoms with van der Waals surface area (Å²) >= 11 is 0. The molecule has 0 saturated heterocycles. The number of furan rings is 1. The molecule has 3 aromatic heterocycles. The highest BCUT2D eigenvalue weighted by Gasteiger charge is 2.29. The molecule has 0 fully saturated rings. The van der Waals surface area contributed by atoms with Crippen molar-refractivity contribution in [1.29, 1.82) is 0 Å². The molecule has 0 aliphatic carbocycles. The Morgan fingerprint density at radius 2 is 1.94 bits per heavy atom. The molecule has 5 rings (SSSR count). The first-order chi connectivity index (χ1) is 17.4. The summed E-state index contributed by atoms with van der Waals surface area (Å²) < 4.78 is 21.5. The molecule has 1 atom stereocenters. The first kappa shape index (κ1) is 22.9. The zero-order valence-electron chi connectivity index (χ0n) is 19.1. The fourth-order valence-corrected chi connectivity index (χ4v) is 4.19. The van der Waals surface area contributed by atoms with Crippen LogP contribution in [0.1, 0.15) is 17.6 Å². The van der Waals surface area contributed by atoms with Crippen molar-refractivity contribution in [3.8, 4) is 11.3 Å². The number of rotatable bonds is 8. The van der Waals surface area contributed by atoms with E-state index in [1.807, 2.05) is 23.7 Å². The van der Waals surface area contributed by atoms with Crippen LogP contribution in [0, 0.1) is 15.9 Å². The molecule has 0 aliphatic rings. The topological polar surface area (TPSA) is 107 Å². The van der Waals surface area contributed by atoms with Crippen molar-refractivity contribution in [2.75, 3.05) is 4.90 Å². The van der Waals surface area contributed by atoms with Gasteiger partial charge in [0.05, 0.1) is 16.8 Å². The van der Waals surface area contributed by atoms with Gasteiger partial charge in [-0.2, -0.15) is 0 Å². The van der Waals surface area contributed by atoms with E-state index >= 15 is 0 Å². The van der Waals surface area contributed by atoms with Gasteiger partial charge in [-0.15, -0.1) is 0 Å². The van der Waals surface area contributed by atoms with Crippen LogP contribution in [-0.2, 0) is 18.3 Å². The number of hydrogen-bond donors (Lipinski definition) is 0. The van der Waals surface area contributed by atoms with Gasteiger partial charge in [0.2, 0.25) is 12.3 Å². The van der Waals surface area contributed by atoms with E-state index < -0.39 is 16.8 Å². The van der Waals surface area contributed by atoms with Gasteiger partial charge in [-0.3, -0.25) is 24.8 Å². The Morgan fingerprint density at radius 1 is 1.14 bits per heavy atom. The van der Waals surface area contributed by atoms with E-state index in [1.54, 1.807) is 36.7 Å². The van der Waals surface area contributed by atoms with Crippen LogP contribution in [0.3, 0.4) is 0 Å². The van der Waals surface area contributed by atoms with E-state index in [9.17, 15) is 19.3 Å². The van der Waals surface area contributed by atoms with E-state index in [0.717, 1.165) is 11.3 Å². The van der Waals surface area contributed by atoms with Crippen molar-refractivity contribution in [2.24, 2.45) is 7.05 Å². The monoisotopic (exact) mass is 485 g/mol. The number of carbonyl (C=O) groups is 1. The predicted molar refractivity (Wildman–Crippen MR) is 131 cm³/mol. The summed E-state index contributed by atoms with van der Waals surface area (Å²) in [4.78, 5) is 33.4. The van der Waals surface area contributed by atoms with Crippen LogP contribution in [0.25, 0.3) is 22.2 Å². The van der Waals surface area contributed by atoms with Crippen LogP contribution in [0.15, 0.2) is 83.5 Å². The van der Waals surface area contributed by atoms with Gasteiger partial charge in [0.1, 0.15) is 23.3 Å². The third-order valence-corrected chi connectivity index (χ3v) is 5.99. The smallest absolute Gasteiger partial charge is 0.269 e. The molecule has 1 amide bonds.